The van der Waals surface area contributed by atoms with Gasteiger partial charge in [0.2, 0.25) is 0 Å². The first kappa shape index (κ1) is 11.6. The van der Waals surface area contributed by atoms with Crippen molar-refractivity contribution in [3.8, 4) is 0 Å². The molecule has 0 radical (unpaired) electrons. The van der Waals surface area contributed by atoms with E-state index >= 15 is 0 Å². The maximum atomic E-state index is 8.45. The summed E-state index contributed by atoms with van der Waals surface area (Å²) in [5.41, 5.74) is 0. The molecular formula is C7H16O2S2. The average Bonchev–Trinajstić information content (AvgIpc) is 2.03. The van der Waals surface area contributed by atoms with Crippen molar-refractivity contribution in [3.05, 3.63) is 0 Å². The van der Waals surface area contributed by atoms with Crippen molar-refractivity contribution in [2.45, 2.75) is 6.42 Å². The number of thioether (sulfide) groups is 2. The van der Waals surface area contributed by atoms with Gasteiger partial charge in [0.1, 0.15) is 0 Å². The molecule has 2 nitrogen and oxygen atoms in total. The van der Waals surface area contributed by atoms with Crippen LogP contribution in [-0.4, -0.2) is 46.4 Å². The summed E-state index contributed by atoms with van der Waals surface area (Å²) in [5, 5.41) is 16.9. The van der Waals surface area contributed by atoms with Crippen LogP contribution in [0.25, 0.3) is 0 Å². The molecule has 0 saturated carbocycles. The highest BCUT2D eigenvalue weighted by Crippen LogP contribution is 2.06. The van der Waals surface area contributed by atoms with Crippen molar-refractivity contribution >= 4 is 23.5 Å². The zero-order chi connectivity index (χ0) is 8.36. The Balaban J connectivity index is 2.69. The SMILES string of the molecule is OCCSCCCSCCO. The van der Waals surface area contributed by atoms with E-state index in [9.17, 15) is 0 Å². The lowest BCUT2D eigenvalue weighted by Gasteiger charge is -1.98. The smallest absolute Gasteiger partial charge is 0.0521 e. The highest BCUT2D eigenvalue weighted by molar-refractivity contribution is 8.00. The molecular weight excluding hydrogens is 180 g/mol. The minimum Gasteiger partial charge on any atom is -0.396 e. The van der Waals surface area contributed by atoms with Gasteiger partial charge in [-0.2, -0.15) is 23.5 Å². The molecule has 0 aliphatic heterocycles. The lowest BCUT2D eigenvalue weighted by Crippen LogP contribution is -1.92. The normalized spacial score (nSPS) is 10.4. The maximum Gasteiger partial charge on any atom is 0.0521 e. The van der Waals surface area contributed by atoms with Gasteiger partial charge < -0.3 is 10.2 Å². The van der Waals surface area contributed by atoms with Crippen LogP contribution in [0.3, 0.4) is 0 Å². The van der Waals surface area contributed by atoms with Crippen LogP contribution in [0.4, 0.5) is 0 Å². The highest BCUT2D eigenvalue weighted by atomic mass is 32.2. The molecule has 0 saturated heterocycles. The lowest BCUT2D eigenvalue weighted by atomic mass is 10.6. The molecule has 0 aromatic rings. The Morgan fingerprint density at radius 3 is 1.55 bits per heavy atom. The van der Waals surface area contributed by atoms with Gasteiger partial charge in [-0.25, -0.2) is 0 Å². The van der Waals surface area contributed by atoms with Crippen molar-refractivity contribution in [2.75, 3.05) is 36.2 Å². The third-order valence-electron chi connectivity index (χ3n) is 1.05. The summed E-state index contributed by atoms with van der Waals surface area (Å²) in [6.45, 7) is 0.572. The molecule has 0 aromatic heterocycles. The van der Waals surface area contributed by atoms with E-state index in [4.69, 9.17) is 10.2 Å². The fourth-order valence-corrected chi connectivity index (χ4v) is 2.14. The fourth-order valence-electron chi connectivity index (χ4n) is 0.596. The second kappa shape index (κ2) is 10.6. The molecule has 2 N–H and O–H groups in total. The van der Waals surface area contributed by atoms with E-state index in [1.165, 1.54) is 6.42 Å². The molecule has 68 valence electrons. The van der Waals surface area contributed by atoms with Crippen molar-refractivity contribution in [1.29, 1.82) is 0 Å². The third-order valence-corrected chi connectivity index (χ3v) is 3.15. The van der Waals surface area contributed by atoms with Crippen LogP contribution in [0, 0.1) is 0 Å². The average molecular weight is 196 g/mol. The van der Waals surface area contributed by atoms with Gasteiger partial charge in [0.25, 0.3) is 0 Å². The molecule has 0 fully saturated rings. The predicted molar refractivity (Wildman–Crippen MR) is 53.4 cm³/mol. The highest BCUT2D eigenvalue weighted by Gasteiger charge is 1.89. The molecule has 4 heteroatoms. The molecule has 0 bridgehead atoms. The van der Waals surface area contributed by atoms with Gasteiger partial charge in [0.05, 0.1) is 13.2 Å². The quantitative estimate of drug-likeness (QED) is 0.564. The van der Waals surface area contributed by atoms with Crippen molar-refractivity contribution in [1.82, 2.24) is 0 Å². The van der Waals surface area contributed by atoms with E-state index in [0.29, 0.717) is 0 Å². The maximum absolute atomic E-state index is 8.45. The first-order valence-corrected chi connectivity index (χ1v) is 6.10. The summed E-state index contributed by atoms with van der Waals surface area (Å²) in [4.78, 5) is 0. The van der Waals surface area contributed by atoms with Gasteiger partial charge in [-0.15, -0.1) is 0 Å². The summed E-state index contributed by atoms with van der Waals surface area (Å²) in [6, 6.07) is 0. The second-order valence-corrected chi connectivity index (χ2v) is 4.48. The topological polar surface area (TPSA) is 40.5 Å². The van der Waals surface area contributed by atoms with E-state index in [1.807, 2.05) is 0 Å². The second-order valence-electron chi connectivity index (χ2n) is 2.03. The molecule has 0 aliphatic rings. The molecule has 0 atom stereocenters. The van der Waals surface area contributed by atoms with Crippen LogP contribution < -0.4 is 0 Å². The van der Waals surface area contributed by atoms with E-state index < -0.39 is 0 Å². The van der Waals surface area contributed by atoms with E-state index in [2.05, 4.69) is 0 Å². The van der Waals surface area contributed by atoms with Crippen LogP contribution >= 0.6 is 23.5 Å². The van der Waals surface area contributed by atoms with Crippen molar-refractivity contribution in [2.24, 2.45) is 0 Å². The van der Waals surface area contributed by atoms with Crippen LogP contribution in [0.2, 0.25) is 0 Å². The lowest BCUT2D eigenvalue weighted by molar-refractivity contribution is 0.322. The van der Waals surface area contributed by atoms with Gasteiger partial charge >= 0.3 is 0 Å². The first-order valence-electron chi connectivity index (χ1n) is 3.79. The van der Waals surface area contributed by atoms with Crippen LogP contribution in [0.1, 0.15) is 6.42 Å². The van der Waals surface area contributed by atoms with Gasteiger partial charge in [-0.05, 0) is 17.9 Å². The monoisotopic (exact) mass is 196 g/mol. The Bertz CT molecular complexity index is 63.5. The number of hydrogen-bond acceptors (Lipinski definition) is 4. The molecule has 0 spiro atoms. The molecule has 0 aliphatic carbocycles. The Kier molecular flexibility index (Phi) is 11.2. The van der Waals surface area contributed by atoms with E-state index in [-0.39, 0.29) is 13.2 Å². The molecule has 0 heterocycles. The molecule has 0 amide bonds. The number of hydrogen-bond donors (Lipinski definition) is 2. The molecule has 11 heavy (non-hydrogen) atoms. The van der Waals surface area contributed by atoms with Gasteiger partial charge in [-0.3, -0.25) is 0 Å². The molecule has 0 unspecified atom stereocenters. The van der Waals surface area contributed by atoms with Crippen molar-refractivity contribution in [3.63, 3.8) is 0 Å². The fraction of sp³-hybridized carbons (Fsp3) is 1.00. The first-order chi connectivity index (χ1) is 5.41. The minimum atomic E-state index is 0.286. The summed E-state index contributed by atoms with van der Waals surface area (Å²) in [5.74, 6) is 3.95. The summed E-state index contributed by atoms with van der Waals surface area (Å²) >= 11 is 3.57. The summed E-state index contributed by atoms with van der Waals surface area (Å²) in [6.07, 6.45) is 1.18. The summed E-state index contributed by atoms with van der Waals surface area (Å²) in [7, 11) is 0. The number of aliphatic hydroxyl groups excluding tert-OH is 2. The largest absolute Gasteiger partial charge is 0.396 e. The standard InChI is InChI=1S/C7H16O2S2/c8-2-6-10-4-1-5-11-7-3-9/h8-9H,1-7H2. The third kappa shape index (κ3) is 10.6. The van der Waals surface area contributed by atoms with E-state index in [1.54, 1.807) is 23.5 Å². The predicted octanol–water partition coefficient (Wildman–Crippen LogP) is 0.827. The molecule has 0 rings (SSSR count). The van der Waals surface area contributed by atoms with Gasteiger partial charge in [-0.1, -0.05) is 0 Å². The Labute approximate surface area is 76.8 Å². The van der Waals surface area contributed by atoms with Gasteiger partial charge in [0, 0.05) is 11.5 Å². The van der Waals surface area contributed by atoms with Crippen molar-refractivity contribution < 1.29 is 10.2 Å². The van der Waals surface area contributed by atoms with Crippen LogP contribution in [0.5, 0.6) is 0 Å². The Hall–Kier alpha value is 0.620. The molecule has 0 aromatic carbocycles. The number of aliphatic hydroxyl groups is 2. The van der Waals surface area contributed by atoms with Gasteiger partial charge in [0.15, 0.2) is 0 Å². The zero-order valence-electron chi connectivity index (χ0n) is 6.66. The number of rotatable bonds is 8. The van der Waals surface area contributed by atoms with Crippen LogP contribution in [-0.2, 0) is 0 Å². The zero-order valence-corrected chi connectivity index (χ0v) is 8.29. The Morgan fingerprint density at radius 1 is 0.727 bits per heavy atom. The Morgan fingerprint density at radius 2 is 1.18 bits per heavy atom. The van der Waals surface area contributed by atoms with E-state index in [0.717, 1.165) is 23.0 Å². The van der Waals surface area contributed by atoms with Crippen LogP contribution in [0.15, 0.2) is 0 Å². The minimum absolute atomic E-state index is 0.286. The summed E-state index contributed by atoms with van der Waals surface area (Å²) < 4.78 is 0.